The van der Waals surface area contributed by atoms with Crippen molar-refractivity contribution in [3.05, 3.63) is 35.9 Å². The van der Waals surface area contributed by atoms with Crippen molar-refractivity contribution >= 4 is 12.3 Å². The van der Waals surface area contributed by atoms with Gasteiger partial charge in [0.2, 0.25) is 0 Å². The number of ether oxygens (including phenoxy) is 1. The summed E-state index contributed by atoms with van der Waals surface area (Å²) in [6.07, 6.45) is -5.32. The fourth-order valence-corrected chi connectivity index (χ4v) is 1.67. The van der Waals surface area contributed by atoms with E-state index in [2.05, 4.69) is 9.78 Å². The minimum atomic E-state index is -2.17. The summed E-state index contributed by atoms with van der Waals surface area (Å²) in [6.45, 7) is 2.12. The SMILES string of the molecule is CC(=O)OO[C@@H](C=O)[C@@H](O)[C@@H](O)[C@@](C)(O)OCc1ccccc1. The van der Waals surface area contributed by atoms with Crippen molar-refractivity contribution in [1.29, 1.82) is 0 Å². The summed E-state index contributed by atoms with van der Waals surface area (Å²) < 4.78 is 5.19. The molecule has 0 radical (unpaired) electrons. The second kappa shape index (κ2) is 8.70. The van der Waals surface area contributed by atoms with Crippen LogP contribution in [0, 0.1) is 0 Å². The highest BCUT2D eigenvalue weighted by Gasteiger charge is 2.41. The number of carbonyl (C=O) groups is 2. The fraction of sp³-hybridized carbons (Fsp3) is 0.467. The van der Waals surface area contributed by atoms with Crippen LogP contribution < -0.4 is 0 Å². The molecule has 4 atom stereocenters. The summed E-state index contributed by atoms with van der Waals surface area (Å²) in [7, 11) is 0. The van der Waals surface area contributed by atoms with Crippen LogP contribution >= 0.6 is 0 Å². The van der Waals surface area contributed by atoms with Crippen LogP contribution in [0.25, 0.3) is 0 Å². The van der Waals surface area contributed by atoms with Crippen molar-refractivity contribution in [2.24, 2.45) is 0 Å². The zero-order valence-corrected chi connectivity index (χ0v) is 12.8. The van der Waals surface area contributed by atoms with Gasteiger partial charge in [-0.1, -0.05) is 30.3 Å². The van der Waals surface area contributed by atoms with Crippen molar-refractivity contribution in [3.8, 4) is 0 Å². The van der Waals surface area contributed by atoms with Gasteiger partial charge in [0, 0.05) is 6.92 Å². The fourth-order valence-electron chi connectivity index (χ4n) is 1.67. The molecule has 23 heavy (non-hydrogen) atoms. The van der Waals surface area contributed by atoms with Crippen LogP contribution in [0.4, 0.5) is 0 Å². The summed E-state index contributed by atoms with van der Waals surface area (Å²) in [6, 6.07) is 8.84. The van der Waals surface area contributed by atoms with Gasteiger partial charge in [-0.2, -0.15) is 4.89 Å². The van der Waals surface area contributed by atoms with E-state index in [1.54, 1.807) is 30.3 Å². The molecule has 0 fully saturated rings. The monoisotopic (exact) mass is 328 g/mol. The maximum absolute atomic E-state index is 10.9. The van der Waals surface area contributed by atoms with Crippen LogP contribution in [-0.2, 0) is 30.7 Å². The zero-order valence-electron chi connectivity index (χ0n) is 12.8. The third-order valence-electron chi connectivity index (χ3n) is 2.99. The van der Waals surface area contributed by atoms with Crippen LogP contribution in [0.5, 0.6) is 0 Å². The van der Waals surface area contributed by atoms with E-state index in [9.17, 15) is 24.9 Å². The Hall–Kier alpha value is -1.84. The predicted molar refractivity (Wildman–Crippen MR) is 76.6 cm³/mol. The van der Waals surface area contributed by atoms with Gasteiger partial charge in [0.15, 0.2) is 18.2 Å². The topological polar surface area (TPSA) is 123 Å². The minimum absolute atomic E-state index is 0.0336. The number of hydrogen-bond acceptors (Lipinski definition) is 8. The Morgan fingerprint density at radius 1 is 1.30 bits per heavy atom. The predicted octanol–water partition coefficient (Wildman–Crippen LogP) is -0.304. The number of aliphatic hydroxyl groups excluding tert-OH is 2. The Balaban J connectivity index is 2.65. The smallest absolute Gasteiger partial charge is 0.339 e. The average molecular weight is 328 g/mol. The van der Waals surface area contributed by atoms with E-state index in [1.807, 2.05) is 0 Å². The summed E-state index contributed by atoms with van der Waals surface area (Å²) >= 11 is 0. The molecular weight excluding hydrogens is 308 g/mol. The van der Waals surface area contributed by atoms with E-state index in [1.165, 1.54) is 0 Å². The van der Waals surface area contributed by atoms with Gasteiger partial charge in [-0.15, -0.1) is 0 Å². The maximum atomic E-state index is 10.9. The van der Waals surface area contributed by atoms with E-state index < -0.39 is 30.1 Å². The lowest BCUT2D eigenvalue weighted by Crippen LogP contribution is -2.53. The van der Waals surface area contributed by atoms with Gasteiger partial charge >= 0.3 is 5.97 Å². The molecule has 0 spiro atoms. The molecular formula is C15H20O8. The number of hydrogen-bond donors (Lipinski definition) is 3. The lowest BCUT2D eigenvalue weighted by Gasteiger charge is -2.33. The van der Waals surface area contributed by atoms with Crippen molar-refractivity contribution in [3.63, 3.8) is 0 Å². The molecule has 8 nitrogen and oxygen atoms in total. The molecule has 0 saturated carbocycles. The second-order valence-electron chi connectivity index (χ2n) is 5.04. The van der Waals surface area contributed by atoms with E-state index in [0.717, 1.165) is 19.4 Å². The molecule has 3 N–H and O–H groups in total. The molecule has 0 aromatic heterocycles. The summed E-state index contributed by atoms with van der Waals surface area (Å²) in [5.74, 6) is -3.01. The first-order chi connectivity index (χ1) is 10.8. The molecule has 0 heterocycles. The molecule has 0 amide bonds. The van der Waals surface area contributed by atoms with Gasteiger partial charge < -0.3 is 24.9 Å². The van der Waals surface area contributed by atoms with Crippen molar-refractivity contribution in [2.75, 3.05) is 0 Å². The number of aldehydes is 1. The first-order valence-corrected chi connectivity index (χ1v) is 6.83. The number of rotatable bonds is 9. The highest BCUT2D eigenvalue weighted by atomic mass is 17.2. The number of aliphatic hydroxyl groups is 3. The molecule has 0 aliphatic carbocycles. The lowest BCUT2D eigenvalue weighted by atomic mass is 10.0. The van der Waals surface area contributed by atoms with E-state index in [0.29, 0.717) is 0 Å². The normalized spacial score (nSPS) is 17.6. The Kier molecular flexibility index (Phi) is 7.27. The second-order valence-corrected chi connectivity index (χ2v) is 5.04. The van der Waals surface area contributed by atoms with Crippen molar-refractivity contribution in [2.45, 2.75) is 44.6 Å². The molecule has 128 valence electrons. The Bertz CT molecular complexity index is 501. The Labute approximate surface area is 133 Å². The minimum Gasteiger partial charge on any atom is -0.387 e. The molecule has 0 aliphatic heterocycles. The zero-order chi connectivity index (χ0) is 17.5. The largest absolute Gasteiger partial charge is 0.387 e. The average Bonchev–Trinajstić information content (AvgIpc) is 2.53. The standard InChI is InChI=1S/C15H20O8/c1-10(17)22-23-12(8-16)13(18)14(19)15(2,20)21-9-11-6-4-3-5-7-11/h3-8,12-14,18-20H,9H2,1-2H3/t12-,13+,14+,15-/m0/s1. The highest BCUT2D eigenvalue weighted by Crippen LogP contribution is 2.20. The van der Waals surface area contributed by atoms with E-state index >= 15 is 0 Å². The summed E-state index contributed by atoms with van der Waals surface area (Å²) in [5.41, 5.74) is 0.734. The summed E-state index contributed by atoms with van der Waals surface area (Å²) in [5, 5.41) is 30.0. The van der Waals surface area contributed by atoms with Crippen LogP contribution in [0.2, 0.25) is 0 Å². The molecule has 1 rings (SSSR count). The van der Waals surface area contributed by atoms with Gasteiger partial charge in [-0.25, -0.2) is 4.79 Å². The van der Waals surface area contributed by atoms with Crippen LogP contribution in [0.1, 0.15) is 19.4 Å². The number of benzene rings is 1. The lowest BCUT2D eigenvalue weighted by molar-refractivity contribution is -0.323. The van der Waals surface area contributed by atoms with Crippen LogP contribution in [0.15, 0.2) is 30.3 Å². The summed E-state index contributed by atoms with van der Waals surface area (Å²) in [4.78, 5) is 30.0. The molecule has 0 bridgehead atoms. The molecule has 1 aromatic rings. The highest BCUT2D eigenvalue weighted by molar-refractivity contribution is 5.65. The van der Waals surface area contributed by atoms with Gasteiger partial charge in [0.25, 0.3) is 0 Å². The van der Waals surface area contributed by atoms with Crippen LogP contribution in [-0.4, -0.2) is 51.7 Å². The molecule has 0 aliphatic rings. The van der Waals surface area contributed by atoms with E-state index in [4.69, 9.17) is 4.74 Å². The van der Waals surface area contributed by atoms with Crippen molar-refractivity contribution < 1.29 is 39.4 Å². The first-order valence-electron chi connectivity index (χ1n) is 6.83. The molecule has 1 aromatic carbocycles. The molecule has 0 saturated heterocycles. The van der Waals surface area contributed by atoms with Gasteiger partial charge in [0.1, 0.15) is 12.2 Å². The Morgan fingerprint density at radius 3 is 2.43 bits per heavy atom. The van der Waals surface area contributed by atoms with Gasteiger partial charge in [-0.3, -0.25) is 4.89 Å². The quantitative estimate of drug-likeness (QED) is 0.244. The van der Waals surface area contributed by atoms with Gasteiger partial charge in [-0.05, 0) is 12.5 Å². The van der Waals surface area contributed by atoms with Gasteiger partial charge in [0.05, 0.1) is 6.61 Å². The third-order valence-corrected chi connectivity index (χ3v) is 2.99. The first kappa shape index (κ1) is 19.2. The molecule has 0 unspecified atom stereocenters. The Morgan fingerprint density at radius 2 is 1.91 bits per heavy atom. The third kappa shape index (κ3) is 6.05. The number of carbonyl (C=O) groups excluding carboxylic acids is 2. The van der Waals surface area contributed by atoms with Crippen LogP contribution in [0.3, 0.4) is 0 Å². The van der Waals surface area contributed by atoms with Crippen molar-refractivity contribution in [1.82, 2.24) is 0 Å². The molecule has 8 heteroatoms. The maximum Gasteiger partial charge on any atom is 0.339 e. The van der Waals surface area contributed by atoms with E-state index in [-0.39, 0.29) is 12.9 Å².